The first kappa shape index (κ1) is 27.0. The van der Waals surface area contributed by atoms with Crippen LogP contribution in [0, 0.1) is 11.3 Å². The summed E-state index contributed by atoms with van der Waals surface area (Å²) in [6.07, 6.45) is -3.29. The third kappa shape index (κ3) is 4.71. The second-order valence-electron chi connectivity index (χ2n) is 9.64. The van der Waals surface area contributed by atoms with Gasteiger partial charge in [0, 0.05) is 50.5 Å². The van der Waals surface area contributed by atoms with Crippen molar-refractivity contribution < 1.29 is 31.9 Å². The molecule has 8 nitrogen and oxygen atoms in total. The fourth-order valence-corrected chi connectivity index (χ4v) is 4.72. The zero-order chi connectivity index (χ0) is 28.7. The molecule has 5 rings (SSSR count). The molecule has 1 amide bonds. The van der Waals surface area contributed by atoms with Crippen LogP contribution in [0.15, 0.2) is 59.1 Å². The first-order valence-corrected chi connectivity index (χ1v) is 12.4. The zero-order valence-corrected chi connectivity index (χ0v) is 21.9. The van der Waals surface area contributed by atoms with Gasteiger partial charge in [0.15, 0.2) is 5.58 Å². The molecule has 1 unspecified atom stereocenters. The number of aromatic nitrogens is 1. The van der Waals surface area contributed by atoms with Crippen LogP contribution < -0.4 is 14.8 Å². The van der Waals surface area contributed by atoms with Crippen molar-refractivity contribution in [1.82, 2.24) is 15.2 Å². The average molecular weight is 551 g/mol. The molecule has 2 aromatic carbocycles. The third-order valence-electron chi connectivity index (χ3n) is 6.88. The van der Waals surface area contributed by atoms with Crippen molar-refractivity contribution in [2.45, 2.75) is 18.2 Å². The number of nitriles is 1. The fourth-order valence-electron chi connectivity index (χ4n) is 4.72. The molecular weight excluding hydrogens is 525 g/mol. The van der Waals surface area contributed by atoms with Gasteiger partial charge in [0.2, 0.25) is 5.60 Å². The number of benzene rings is 2. The summed E-state index contributed by atoms with van der Waals surface area (Å²) in [4.78, 5) is 18.2. The molecule has 0 spiro atoms. The Bertz CT molecular complexity index is 1630. The van der Waals surface area contributed by atoms with Gasteiger partial charge in [-0.15, -0.1) is 0 Å². The highest BCUT2D eigenvalue weighted by atomic mass is 19.4. The van der Waals surface area contributed by atoms with Gasteiger partial charge in [-0.2, -0.15) is 18.4 Å². The molecule has 11 heteroatoms. The molecule has 3 heterocycles. The van der Waals surface area contributed by atoms with Gasteiger partial charge in [0.1, 0.15) is 28.8 Å². The van der Waals surface area contributed by atoms with Gasteiger partial charge in [0.25, 0.3) is 5.91 Å². The van der Waals surface area contributed by atoms with Gasteiger partial charge in [0.05, 0.1) is 18.2 Å². The van der Waals surface area contributed by atoms with E-state index in [1.807, 2.05) is 6.07 Å². The number of amides is 1. The van der Waals surface area contributed by atoms with Crippen LogP contribution >= 0.6 is 0 Å². The molecule has 0 radical (unpaired) electrons. The standard InChI is InChI=1S/C29H25F3N4O4/c1-36(2)27(37)18-4-6-21(24(13-18)38-3)25-14-22-26(39-25)20(8-10-35-22)17-5-7-23(19(12-17)15-33)40-28(29(30,31)32)9-11-34-16-28/h4-8,10,12-14,34H,9,11,16H2,1-3H3. The monoisotopic (exact) mass is 550 g/mol. The van der Waals surface area contributed by atoms with Crippen molar-refractivity contribution in [2.75, 3.05) is 34.3 Å². The summed E-state index contributed by atoms with van der Waals surface area (Å²) in [5.41, 5.74) is 0.691. The van der Waals surface area contributed by atoms with Gasteiger partial charge in [-0.25, -0.2) is 0 Å². The summed E-state index contributed by atoms with van der Waals surface area (Å²) in [6, 6.07) is 14.8. The van der Waals surface area contributed by atoms with Crippen molar-refractivity contribution in [3.63, 3.8) is 0 Å². The highest BCUT2D eigenvalue weighted by Crippen LogP contribution is 2.42. The van der Waals surface area contributed by atoms with Crippen molar-refractivity contribution >= 4 is 17.0 Å². The minimum atomic E-state index is -4.61. The highest BCUT2D eigenvalue weighted by molar-refractivity contribution is 5.96. The number of halogens is 3. The number of alkyl halides is 3. The number of hydrogen-bond acceptors (Lipinski definition) is 7. The Labute approximate surface area is 227 Å². The van der Waals surface area contributed by atoms with Gasteiger partial charge in [-0.1, -0.05) is 6.07 Å². The number of ether oxygens (including phenoxy) is 2. The molecule has 0 bridgehead atoms. The van der Waals surface area contributed by atoms with Crippen molar-refractivity contribution in [1.29, 1.82) is 5.26 Å². The van der Waals surface area contributed by atoms with E-state index >= 15 is 0 Å². The predicted octanol–water partition coefficient (Wildman–Crippen LogP) is 5.42. The molecule has 1 aliphatic heterocycles. The van der Waals surface area contributed by atoms with Crippen LogP contribution in [0.4, 0.5) is 13.2 Å². The lowest BCUT2D eigenvalue weighted by Crippen LogP contribution is -2.52. The Morgan fingerprint density at radius 3 is 2.58 bits per heavy atom. The second-order valence-corrected chi connectivity index (χ2v) is 9.64. The number of rotatable bonds is 6. The Hall–Kier alpha value is -4.56. The van der Waals surface area contributed by atoms with Crippen molar-refractivity contribution in [3.05, 3.63) is 65.9 Å². The summed E-state index contributed by atoms with van der Waals surface area (Å²) in [6.45, 7) is -0.230. The Kier molecular flexibility index (Phi) is 6.89. The lowest BCUT2D eigenvalue weighted by atomic mass is 10.0. The van der Waals surface area contributed by atoms with E-state index in [0.29, 0.717) is 44.9 Å². The number of carbonyl (C=O) groups excluding carboxylic acids is 1. The van der Waals surface area contributed by atoms with Crippen LogP contribution in [0.5, 0.6) is 11.5 Å². The normalized spacial score (nSPS) is 17.0. The number of methoxy groups -OCH3 is 1. The lowest BCUT2D eigenvalue weighted by Gasteiger charge is -2.32. The molecule has 0 aliphatic carbocycles. The van der Waals surface area contributed by atoms with Gasteiger partial charge in [-0.05, 0) is 48.5 Å². The van der Waals surface area contributed by atoms with E-state index < -0.39 is 18.3 Å². The van der Waals surface area contributed by atoms with Crippen LogP contribution in [0.25, 0.3) is 33.6 Å². The lowest BCUT2D eigenvalue weighted by molar-refractivity contribution is -0.240. The van der Waals surface area contributed by atoms with E-state index in [0.717, 1.165) is 0 Å². The largest absolute Gasteiger partial charge is 0.496 e. The molecule has 0 saturated carbocycles. The summed E-state index contributed by atoms with van der Waals surface area (Å²) in [7, 11) is 4.81. The molecule has 1 N–H and O–H groups in total. The molecule has 1 aliphatic rings. The molecule has 4 aromatic rings. The highest BCUT2D eigenvalue weighted by Gasteiger charge is 2.59. The molecule has 40 heavy (non-hydrogen) atoms. The van der Waals surface area contributed by atoms with Gasteiger partial charge < -0.3 is 24.1 Å². The molecule has 2 aromatic heterocycles. The van der Waals surface area contributed by atoms with E-state index in [2.05, 4.69) is 10.3 Å². The number of hydrogen-bond donors (Lipinski definition) is 1. The Morgan fingerprint density at radius 2 is 1.93 bits per heavy atom. The first-order chi connectivity index (χ1) is 19.1. The van der Waals surface area contributed by atoms with E-state index in [1.165, 1.54) is 24.1 Å². The smallest absolute Gasteiger partial charge is 0.429 e. The SMILES string of the molecule is COc1cc(C(=O)N(C)C)ccc1-c1cc2nccc(-c3ccc(OC4(C(F)(F)F)CCNC4)c(C#N)c3)c2o1. The van der Waals surface area contributed by atoms with Gasteiger partial charge >= 0.3 is 6.18 Å². The third-order valence-corrected chi connectivity index (χ3v) is 6.88. The summed E-state index contributed by atoms with van der Waals surface area (Å²) < 4.78 is 58.8. The number of nitrogens with zero attached hydrogens (tertiary/aromatic N) is 3. The molecule has 1 fully saturated rings. The minimum Gasteiger partial charge on any atom is -0.496 e. The Balaban J connectivity index is 1.53. The molecule has 1 saturated heterocycles. The maximum absolute atomic E-state index is 13.9. The first-order valence-electron chi connectivity index (χ1n) is 12.4. The second kappa shape index (κ2) is 10.2. The van der Waals surface area contributed by atoms with Crippen LogP contribution in [0.2, 0.25) is 0 Å². The van der Waals surface area contributed by atoms with E-state index in [9.17, 15) is 23.2 Å². The van der Waals surface area contributed by atoms with Crippen LogP contribution in [-0.2, 0) is 0 Å². The molecule has 1 atom stereocenters. The number of furan rings is 1. The van der Waals surface area contributed by atoms with Crippen LogP contribution in [-0.4, -0.2) is 61.9 Å². The van der Waals surface area contributed by atoms with E-state index in [4.69, 9.17) is 13.9 Å². The maximum Gasteiger partial charge on any atom is 0.429 e. The quantitative estimate of drug-likeness (QED) is 0.342. The summed E-state index contributed by atoms with van der Waals surface area (Å²) in [5, 5.41) is 12.5. The number of pyridine rings is 1. The van der Waals surface area contributed by atoms with Crippen LogP contribution in [0.3, 0.4) is 0 Å². The van der Waals surface area contributed by atoms with Crippen molar-refractivity contribution in [2.24, 2.45) is 0 Å². The van der Waals surface area contributed by atoms with Crippen molar-refractivity contribution in [3.8, 4) is 40.0 Å². The summed E-state index contributed by atoms with van der Waals surface area (Å²) >= 11 is 0. The average Bonchev–Trinajstić information content (AvgIpc) is 3.60. The number of nitrogens with one attached hydrogen (secondary N) is 1. The topological polar surface area (TPSA) is 101 Å². The zero-order valence-electron chi connectivity index (χ0n) is 21.9. The number of fused-ring (bicyclic) bond motifs is 1. The molecular formula is C29H25F3N4O4. The van der Waals surface area contributed by atoms with Gasteiger partial charge in [-0.3, -0.25) is 9.78 Å². The minimum absolute atomic E-state index is 0.0346. The predicted molar refractivity (Wildman–Crippen MR) is 141 cm³/mol. The fraction of sp³-hybridized carbons (Fsp3) is 0.276. The number of carbonyl (C=O) groups is 1. The van der Waals surface area contributed by atoms with E-state index in [1.54, 1.807) is 56.7 Å². The van der Waals surface area contributed by atoms with E-state index in [-0.39, 0.29) is 30.2 Å². The Morgan fingerprint density at radius 1 is 1.12 bits per heavy atom. The molecule has 206 valence electrons. The van der Waals surface area contributed by atoms with Crippen LogP contribution in [0.1, 0.15) is 22.3 Å². The maximum atomic E-state index is 13.9. The summed E-state index contributed by atoms with van der Waals surface area (Å²) in [5.74, 6) is 0.554.